The van der Waals surface area contributed by atoms with Crippen LogP contribution in [-0.2, 0) is 4.79 Å². The number of nitrogens with zero attached hydrogens (tertiary/aromatic N) is 1. The second-order valence-electron chi connectivity index (χ2n) is 2.15. The molecule has 0 N–H and O–H groups in total. The van der Waals surface area contributed by atoms with Gasteiger partial charge in [-0.05, 0) is 14.1 Å². The van der Waals surface area contributed by atoms with Crippen molar-refractivity contribution in [3.63, 3.8) is 0 Å². The van der Waals surface area contributed by atoms with Crippen molar-refractivity contribution in [1.82, 2.24) is 4.90 Å². The van der Waals surface area contributed by atoms with E-state index in [0.29, 0.717) is 12.1 Å². The van der Waals surface area contributed by atoms with Crippen LogP contribution < -0.4 is 0 Å². The molecule has 0 unspecified atom stereocenters. The van der Waals surface area contributed by atoms with E-state index in [1.54, 1.807) is 0 Å². The molecule has 0 radical (unpaired) electrons. The van der Waals surface area contributed by atoms with Gasteiger partial charge in [0, 0.05) is 12.1 Å². The highest BCUT2D eigenvalue weighted by Gasteiger charge is 2.00. The SMILES string of the molecule is C=C(CN(C)C)C(=O)S. The van der Waals surface area contributed by atoms with Gasteiger partial charge in [-0.25, -0.2) is 0 Å². The normalized spacial score (nSPS) is 9.78. The Morgan fingerprint density at radius 1 is 1.67 bits per heavy atom. The number of carbonyl (C=O) groups is 1. The van der Waals surface area contributed by atoms with E-state index in [1.165, 1.54) is 0 Å². The first-order valence-electron chi connectivity index (χ1n) is 2.60. The average Bonchev–Trinajstić information content (AvgIpc) is 1.63. The molecule has 0 saturated heterocycles. The average molecular weight is 145 g/mol. The second kappa shape index (κ2) is 3.69. The van der Waals surface area contributed by atoms with Gasteiger partial charge in [0.05, 0.1) is 0 Å². The predicted octanol–water partition coefficient (Wildman–Crippen LogP) is 0.561. The Bertz CT molecular complexity index is 131. The van der Waals surface area contributed by atoms with Gasteiger partial charge in [-0.3, -0.25) is 4.79 Å². The van der Waals surface area contributed by atoms with Gasteiger partial charge < -0.3 is 4.90 Å². The molecule has 9 heavy (non-hydrogen) atoms. The Labute approximate surface area is 61.0 Å². The summed E-state index contributed by atoms with van der Waals surface area (Å²) in [4.78, 5) is 12.3. The van der Waals surface area contributed by atoms with Gasteiger partial charge in [-0.15, -0.1) is 12.6 Å². The summed E-state index contributed by atoms with van der Waals surface area (Å²) in [7, 11) is 3.75. The summed E-state index contributed by atoms with van der Waals surface area (Å²) in [6.07, 6.45) is 0. The van der Waals surface area contributed by atoms with E-state index in [2.05, 4.69) is 19.2 Å². The number of hydrogen-bond acceptors (Lipinski definition) is 2. The van der Waals surface area contributed by atoms with Gasteiger partial charge in [0.1, 0.15) is 0 Å². The lowest BCUT2D eigenvalue weighted by Crippen LogP contribution is -2.16. The van der Waals surface area contributed by atoms with Crippen molar-refractivity contribution in [3.8, 4) is 0 Å². The third kappa shape index (κ3) is 4.24. The van der Waals surface area contributed by atoms with Crippen LogP contribution in [0.15, 0.2) is 12.2 Å². The molecule has 0 aromatic rings. The fraction of sp³-hybridized carbons (Fsp3) is 0.500. The van der Waals surface area contributed by atoms with Crippen LogP contribution in [0, 0.1) is 0 Å². The van der Waals surface area contributed by atoms with E-state index in [-0.39, 0.29) is 5.12 Å². The molecule has 0 aliphatic carbocycles. The van der Waals surface area contributed by atoms with Crippen LogP contribution in [-0.4, -0.2) is 30.7 Å². The number of rotatable bonds is 3. The van der Waals surface area contributed by atoms with E-state index in [0.717, 1.165) is 0 Å². The van der Waals surface area contributed by atoms with Crippen LogP contribution in [0.2, 0.25) is 0 Å². The molecule has 0 spiro atoms. The highest BCUT2D eigenvalue weighted by atomic mass is 32.1. The van der Waals surface area contributed by atoms with Crippen molar-refractivity contribution in [1.29, 1.82) is 0 Å². The number of carbonyl (C=O) groups excluding carboxylic acids is 1. The highest BCUT2D eigenvalue weighted by molar-refractivity contribution is 7.97. The van der Waals surface area contributed by atoms with E-state index >= 15 is 0 Å². The standard InChI is InChI=1S/C6H11NOS/c1-5(6(8)9)4-7(2)3/h1,4H2,2-3H3,(H,8,9). The third-order valence-electron chi connectivity index (χ3n) is 0.810. The first-order valence-corrected chi connectivity index (χ1v) is 3.04. The molecule has 0 bridgehead atoms. The maximum Gasteiger partial charge on any atom is 0.213 e. The zero-order chi connectivity index (χ0) is 7.44. The summed E-state index contributed by atoms with van der Waals surface area (Å²) < 4.78 is 0. The van der Waals surface area contributed by atoms with Gasteiger partial charge in [-0.1, -0.05) is 6.58 Å². The Hall–Kier alpha value is -0.280. The predicted molar refractivity (Wildman–Crippen MR) is 41.7 cm³/mol. The lowest BCUT2D eigenvalue weighted by atomic mass is 10.3. The Morgan fingerprint density at radius 3 is 2.22 bits per heavy atom. The summed E-state index contributed by atoms with van der Waals surface area (Å²) in [5.74, 6) is 0. The molecule has 0 fully saturated rings. The number of hydrogen-bond donors (Lipinski definition) is 1. The zero-order valence-corrected chi connectivity index (χ0v) is 6.61. The van der Waals surface area contributed by atoms with Gasteiger partial charge in [-0.2, -0.15) is 0 Å². The quantitative estimate of drug-likeness (QED) is 0.462. The maximum absolute atomic E-state index is 10.4. The van der Waals surface area contributed by atoms with Gasteiger partial charge in [0.15, 0.2) is 0 Å². The zero-order valence-electron chi connectivity index (χ0n) is 5.72. The van der Waals surface area contributed by atoms with E-state index in [4.69, 9.17) is 0 Å². The van der Waals surface area contributed by atoms with Crippen LogP contribution >= 0.6 is 12.6 Å². The molecule has 52 valence electrons. The lowest BCUT2D eigenvalue weighted by Gasteiger charge is -2.07. The molecule has 0 aromatic carbocycles. The molecule has 0 aromatic heterocycles. The summed E-state index contributed by atoms with van der Waals surface area (Å²) in [6, 6.07) is 0. The first-order chi connectivity index (χ1) is 4.04. The largest absolute Gasteiger partial charge is 0.305 e. The third-order valence-corrected chi connectivity index (χ3v) is 1.13. The van der Waals surface area contributed by atoms with Crippen LogP contribution in [0.5, 0.6) is 0 Å². The van der Waals surface area contributed by atoms with Crippen molar-refractivity contribution in [2.75, 3.05) is 20.6 Å². The van der Waals surface area contributed by atoms with Gasteiger partial charge in [0.2, 0.25) is 5.12 Å². The van der Waals surface area contributed by atoms with E-state index < -0.39 is 0 Å². The summed E-state index contributed by atoms with van der Waals surface area (Å²) >= 11 is 3.60. The molecule has 0 aliphatic rings. The smallest absolute Gasteiger partial charge is 0.213 e. The van der Waals surface area contributed by atoms with Crippen molar-refractivity contribution in [3.05, 3.63) is 12.2 Å². The molecule has 0 saturated carbocycles. The van der Waals surface area contributed by atoms with E-state index in [9.17, 15) is 4.79 Å². The molecule has 2 nitrogen and oxygen atoms in total. The Kier molecular flexibility index (Phi) is 3.58. The Morgan fingerprint density at radius 2 is 2.11 bits per heavy atom. The number of likely N-dealkylation sites (N-methyl/N-ethyl adjacent to an activating group) is 1. The van der Waals surface area contributed by atoms with Crippen molar-refractivity contribution in [2.45, 2.75) is 0 Å². The summed E-state index contributed by atoms with van der Waals surface area (Å²) in [5, 5.41) is -0.233. The maximum atomic E-state index is 10.4. The monoisotopic (exact) mass is 145 g/mol. The van der Waals surface area contributed by atoms with Crippen LogP contribution in [0.1, 0.15) is 0 Å². The fourth-order valence-electron chi connectivity index (χ4n) is 0.449. The molecule has 0 amide bonds. The van der Waals surface area contributed by atoms with Crippen molar-refractivity contribution >= 4 is 17.7 Å². The molecule has 0 rings (SSSR count). The Balaban J connectivity index is 3.65. The fourth-order valence-corrected chi connectivity index (χ4v) is 0.520. The molecule has 0 atom stereocenters. The molecular weight excluding hydrogens is 134 g/mol. The molecular formula is C6H11NOS. The molecule has 0 heterocycles. The van der Waals surface area contributed by atoms with Crippen LogP contribution in [0.4, 0.5) is 0 Å². The molecule has 3 heteroatoms. The highest BCUT2D eigenvalue weighted by Crippen LogP contribution is 1.96. The van der Waals surface area contributed by atoms with Crippen molar-refractivity contribution in [2.24, 2.45) is 0 Å². The van der Waals surface area contributed by atoms with Crippen LogP contribution in [0.25, 0.3) is 0 Å². The van der Waals surface area contributed by atoms with Crippen LogP contribution in [0.3, 0.4) is 0 Å². The minimum Gasteiger partial charge on any atom is -0.305 e. The van der Waals surface area contributed by atoms with Gasteiger partial charge >= 0.3 is 0 Å². The minimum absolute atomic E-state index is 0.233. The van der Waals surface area contributed by atoms with E-state index in [1.807, 2.05) is 19.0 Å². The van der Waals surface area contributed by atoms with Gasteiger partial charge in [0.25, 0.3) is 0 Å². The number of thiol groups is 1. The molecule has 0 aliphatic heterocycles. The summed E-state index contributed by atoms with van der Waals surface area (Å²) in [5.41, 5.74) is 0.531. The lowest BCUT2D eigenvalue weighted by molar-refractivity contribution is -0.107. The summed E-state index contributed by atoms with van der Waals surface area (Å²) in [6.45, 7) is 4.11. The van der Waals surface area contributed by atoms with Crippen molar-refractivity contribution < 1.29 is 4.79 Å². The minimum atomic E-state index is -0.233. The topological polar surface area (TPSA) is 20.3 Å². The first kappa shape index (κ1) is 8.72. The second-order valence-corrected chi connectivity index (χ2v) is 2.55.